The summed E-state index contributed by atoms with van der Waals surface area (Å²) in [5.41, 5.74) is 8.88. The average molecular weight is 414 g/mol. The van der Waals surface area contributed by atoms with Crippen LogP contribution < -0.4 is 5.73 Å². The molecule has 1 nitrogen and oxygen atoms in total. The van der Waals surface area contributed by atoms with Crippen molar-refractivity contribution in [2.45, 2.75) is 112 Å². The third-order valence-electron chi connectivity index (χ3n) is 11.0. The van der Waals surface area contributed by atoms with Crippen molar-refractivity contribution in [1.82, 2.24) is 0 Å². The Morgan fingerprint density at radius 1 is 1.00 bits per heavy atom. The second-order valence-corrected chi connectivity index (χ2v) is 13.0. The SMILES string of the molecule is CC(C)CCC[C@@H](C)[C@H]1CC[C@H]2[C@@H]3CC=C4CC(CCN)CC[C@]4(C)[C@H]3CC[C@]12C. The first kappa shape index (κ1) is 22.9. The molecule has 0 aromatic carbocycles. The molecule has 172 valence electrons. The first-order valence-corrected chi connectivity index (χ1v) is 13.7. The van der Waals surface area contributed by atoms with Crippen molar-refractivity contribution in [2.75, 3.05) is 6.54 Å². The van der Waals surface area contributed by atoms with Crippen LogP contribution in [-0.2, 0) is 0 Å². The number of hydrogen-bond acceptors (Lipinski definition) is 1. The van der Waals surface area contributed by atoms with Crippen LogP contribution in [0.5, 0.6) is 0 Å². The van der Waals surface area contributed by atoms with Crippen molar-refractivity contribution < 1.29 is 0 Å². The molecule has 2 N–H and O–H groups in total. The second kappa shape index (κ2) is 8.92. The summed E-state index contributed by atoms with van der Waals surface area (Å²) in [5, 5.41) is 0. The van der Waals surface area contributed by atoms with E-state index in [2.05, 4.69) is 40.7 Å². The normalized spacial score (nSPS) is 44.2. The van der Waals surface area contributed by atoms with Gasteiger partial charge in [0.25, 0.3) is 0 Å². The van der Waals surface area contributed by atoms with Crippen LogP contribution in [-0.4, -0.2) is 6.54 Å². The van der Waals surface area contributed by atoms with Crippen molar-refractivity contribution >= 4 is 0 Å². The zero-order valence-electron chi connectivity index (χ0n) is 20.9. The maximum atomic E-state index is 5.90. The number of nitrogens with two attached hydrogens (primary N) is 1. The average Bonchev–Trinajstić information content (AvgIpc) is 3.05. The van der Waals surface area contributed by atoms with Crippen LogP contribution in [0.25, 0.3) is 0 Å². The minimum atomic E-state index is 0.510. The van der Waals surface area contributed by atoms with Gasteiger partial charge in [0.05, 0.1) is 0 Å². The van der Waals surface area contributed by atoms with Crippen molar-refractivity contribution in [3.63, 3.8) is 0 Å². The molecule has 30 heavy (non-hydrogen) atoms. The molecule has 3 fully saturated rings. The van der Waals surface area contributed by atoms with Gasteiger partial charge in [0, 0.05) is 0 Å². The zero-order valence-corrected chi connectivity index (χ0v) is 20.9. The van der Waals surface area contributed by atoms with Gasteiger partial charge in [-0.3, -0.25) is 0 Å². The van der Waals surface area contributed by atoms with Gasteiger partial charge < -0.3 is 5.73 Å². The summed E-state index contributed by atoms with van der Waals surface area (Å²) in [5.74, 6) is 6.55. The van der Waals surface area contributed by atoms with Crippen molar-refractivity contribution in [1.29, 1.82) is 0 Å². The Kier molecular flexibility index (Phi) is 6.80. The van der Waals surface area contributed by atoms with E-state index in [9.17, 15) is 0 Å². The fourth-order valence-electron chi connectivity index (χ4n) is 9.24. The minimum absolute atomic E-state index is 0.510. The Labute approximate surface area is 188 Å². The van der Waals surface area contributed by atoms with E-state index in [4.69, 9.17) is 5.73 Å². The van der Waals surface area contributed by atoms with Crippen LogP contribution in [0, 0.1) is 52.3 Å². The van der Waals surface area contributed by atoms with Gasteiger partial charge in [-0.1, -0.05) is 65.5 Å². The summed E-state index contributed by atoms with van der Waals surface area (Å²) in [6, 6.07) is 0. The molecule has 8 atom stereocenters. The maximum Gasteiger partial charge on any atom is -0.00745 e. The molecule has 4 aliphatic rings. The van der Waals surface area contributed by atoms with E-state index in [0.717, 1.165) is 48.0 Å². The highest BCUT2D eigenvalue weighted by Crippen LogP contribution is 2.67. The smallest absolute Gasteiger partial charge is 0.00745 e. The molecule has 0 aromatic heterocycles. The standard InChI is InChI=1S/C29H51N/c1-20(2)7-6-8-21(3)25-11-12-26-24-10-9-23-19-22(15-18-30)13-16-28(23,4)27(24)14-17-29(25,26)5/h9,20-22,24-27H,6-8,10-19,30H2,1-5H3/t21-,22?,24+,25-,26+,27+,28+,29-/m1/s1. The third kappa shape index (κ3) is 3.95. The maximum absolute atomic E-state index is 5.90. The fourth-order valence-corrected chi connectivity index (χ4v) is 9.24. The molecule has 1 heteroatoms. The van der Waals surface area contributed by atoms with Crippen LogP contribution in [0.3, 0.4) is 0 Å². The lowest BCUT2D eigenvalue weighted by Crippen LogP contribution is -2.50. The lowest BCUT2D eigenvalue weighted by molar-refractivity contribution is -0.0528. The van der Waals surface area contributed by atoms with E-state index in [1.54, 1.807) is 0 Å². The van der Waals surface area contributed by atoms with Crippen LogP contribution in [0.15, 0.2) is 11.6 Å². The molecule has 0 bridgehead atoms. The topological polar surface area (TPSA) is 26.0 Å². The van der Waals surface area contributed by atoms with Crippen LogP contribution in [0.2, 0.25) is 0 Å². The van der Waals surface area contributed by atoms with Crippen molar-refractivity contribution in [2.24, 2.45) is 58.0 Å². The van der Waals surface area contributed by atoms with E-state index in [1.165, 1.54) is 77.0 Å². The van der Waals surface area contributed by atoms with E-state index in [-0.39, 0.29) is 0 Å². The molecule has 0 aromatic rings. The molecule has 3 saturated carbocycles. The van der Waals surface area contributed by atoms with E-state index < -0.39 is 0 Å². The first-order valence-electron chi connectivity index (χ1n) is 13.7. The Hall–Kier alpha value is -0.300. The highest BCUT2D eigenvalue weighted by molar-refractivity contribution is 5.25. The molecular formula is C29H51N. The van der Waals surface area contributed by atoms with Crippen LogP contribution in [0.4, 0.5) is 0 Å². The largest absolute Gasteiger partial charge is 0.330 e. The molecule has 4 rings (SSSR count). The fraction of sp³-hybridized carbons (Fsp3) is 0.931. The summed E-state index contributed by atoms with van der Waals surface area (Å²) in [6.45, 7) is 13.6. The van der Waals surface area contributed by atoms with Crippen molar-refractivity contribution in [3.05, 3.63) is 11.6 Å². The van der Waals surface area contributed by atoms with Gasteiger partial charge in [-0.05, 0) is 117 Å². The molecular weight excluding hydrogens is 362 g/mol. The molecule has 0 saturated heterocycles. The molecule has 4 aliphatic carbocycles. The van der Waals surface area contributed by atoms with Crippen LogP contribution >= 0.6 is 0 Å². The van der Waals surface area contributed by atoms with E-state index >= 15 is 0 Å². The Balaban J connectivity index is 1.47. The summed E-state index contributed by atoms with van der Waals surface area (Å²) in [6.07, 6.45) is 19.9. The molecule has 1 unspecified atom stereocenters. The highest BCUT2D eigenvalue weighted by atomic mass is 14.6. The molecule has 0 amide bonds. The van der Waals surface area contributed by atoms with Gasteiger partial charge in [-0.25, -0.2) is 0 Å². The van der Waals surface area contributed by atoms with Gasteiger partial charge in [0.1, 0.15) is 0 Å². The molecule has 0 aliphatic heterocycles. The van der Waals surface area contributed by atoms with E-state index in [1.807, 2.05) is 5.57 Å². The second-order valence-electron chi connectivity index (χ2n) is 13.0. The van der Waals surface area contributed by atoms with Gasteiger partial charge in [-0.2, -0.15) is 0 Å². The van der Waals surface area contributed by atoms with Gasteiger partial charge in [-0.15, -0.1) is 0 Å². The molecule has 0 heterocycles. The Morgan fingerprint density at radius 2 is 1.80 bits per heavy atom. The van der Waals surface area contributed by atoms with Crippen molar-refractivity contribution in [3.8, 4) is 0 Å². The number of hydrogen-bond donors (Lipinski definition) is 1. The number of fused-ring (bicyclic) bond motifs is 5. The molecule has 0 spiro atoms. The number of allylic oxidation sites excluding steroid dienone is 2. The van der Waals surface area contributed by atoms with Gasteiger partial charge in [0.15, 0.2) is 0 Å². The van der Waals surface area contributed by atoms with E-state index in [0.29, 0.717) is 10.8 Å². The molecule has 0 radical (unpaired) electrons. The Morgan fingerprint density at radius 3 is 2.53 bits per heavy atom. The zero-order chi connectivity index (χ0) is 21.5. The lowest BCUT2D eigenvalue weighted by atomic mass is 9.46. The summed E-state index contributed by atoms with van der Waals surface area (Å²) >= 11 is 0. The third-order valence-corrected chi connectivity index (χ3v) is 11.0. The Bertz CT molecular complexity index is 620. The highest BCUT2D eigenvalue weighted by Gasteiger charge is 2.59. The quantitative estimate of drug-likeness (QED) is 0.420. The summed E-state index contributed by atoms with van der Waals surface area (Å²) < 4.78 is 0. The lowest BCUT2D eigenvalue weighted by Gasteiger charge is -2.58. The van der Waals surface area contributed by atoms with Gasteiger partial charge >= 0.3 is 0 Å². The summed E-state index contributed by atoms with van der Waals surface area (Å²) in [4.78, 5) is 0. The van der Waals surface area contributed by atoms with Crippen LogP contribution in [0.1, 0.15) is 112 Å². The minimum Gasteiger partial charge on any atom is -0.330 e. The monoisotopic (exact) mass is 413 g/mol. The number of rotatable bonds is 7. The summed E-state index contributed by atoms with van der Waals surface area (Å²) in [7, 11) is 0. The first-order chi connectivity index (χ1) is 14.3. The van der Waals surface area contributed by atoms with Gasteiger partial charge in [0.2, 0.25) is 0 Å². The predicted octanol–water partition coefficient (Wildman–Crippen LogP) is 7.99. The predicted molar refractivity (Wildman–Crippen MR) is 130 cm³/mol.